The van der Waals surface area contributed by atoms with E-state index in [4.69, 9.17) is 9.47 Å². The number of carbonyl (C=O) groups excluding carboxylic acids is 1. The van der Waals surface area contributed by atoms with Crippen molar-refractivity contribution in [1.82, 2.24) is 9.97 Å². The third-order valence-corrected chi connectivity index (χ3v) is 3.79. The third kappa shape index (κ3) is 3.26. The highest BCUT2D eigenvalue weighted by molar-refractivity contribution is 5.98. The summed E-state index contributed by atoms with van der Waals surface area (Å²) in [5.41, 5.74) is 3.43. The number of ether oxygens (including phenoxy) is 2. The fourth-order valence-corrected chi connectivity index (χ4v) is 2.65. The molecule has 5 nitrogen and oxygen atoms in total. The number of esters is 1. The Hall–Kier alpha value is -2.79. The molecule has 5 heteroatoms. The van der Waals surface area contributed by atoms with Crippen LogP contribution in [0.3, 0.4) is 0 Å². The van der Waals surface area contributed by atoms with Gasteiger partial charge in [0.15, 0.2) is 0 Å². The SMILES string of the molecule is COCc1nc2ccccc2c(C)c1C(=O)OCc1ccccn1. The number of carbonyl (C=O) groups is 1. The summed E-state index contributed by atoms with van der Waals surface area (Å²) in [6.45, 7) is 2.28. The summed E-state index contributed by atoms with van der Waals surface area (Å²) in [6, 6.07) is 13.2. The molecule has 0 amide bonds. The maximum Gasteiger partial charge on any atom is 0.340 e. The summed E-state index contributed by atoms with van der Waals surface area (Å²) in [6.07, 6.45) is 1.67. The van der Waals surface area contributed by atoms with Crippen LogP contribution in [0.1, 0.15) is 27.3 Å². The summed E-state index contributed by atoms with van der Waals surface area (Å²) >= 11 is 0. The van der Waals surface area contributed by atoms with Gasteiger partial charge in [0.2, 0.25) is 0 Å². The average Bonchev–Trinajstić information content (AvgIpc) is 2.61. The van der Waals surface area contributed by atoms with E-state index in [0.717, 1.165) is 16.5 Å². The van der Waals surface area contributed by atoms with Gasteiger partial charge >= 0.3 is 5.97 Å². The molecule has 2 heterocycles. The number of aromatic nitrogens is 2. The molecule has 2 aromatic heterocycles. The van der Waals surface area contributed by atoms with E-state index in [2.05, 4.69) is 9.97 Å². The minimum Gasteiger partial charge on any atom is -0.456 e. The zero-order chi connectivity index (χ0) is 16.9. The monoisotopic (exact) mass is 322 g/mol. The number of pyridine rings is 2. The lowest BCUT2D eigenvalue weighted by Gasteiger charge is -2.13. The van der Waals surface area contributed by atoms with Gasteiger partial charge < -0.3 is 9.47 Å². The van der Waals surface area contributed by atoms with Crippen molar-refractivity contribution in [3.63, 3.8) is 0 Å². The van der Waals surface area contributed by atoms with Gasteiger partial charge in [-0.1, -0.05) is 24.3 Å². The van der Waals surface area contributed by atoms with Gasteiger partial charge in [0.05, 0.1) is 29.1 Å². The second-order valence-corrected chi connectivity index (χ2v) is 5.41. The Bertz CT molecular complexity index is 863. The number of benzene rings is 1. The predicted molar refractivity (Wildman–Crippen MR) is 90.5 cm³/mol. The first kappa shape index (κ1) is 16.1. The van der Waals surface area contributed by atoms with Crippen LogP contribution in [0.15, 0.2) is 48.7 Å². The molecule has 0 saturated heterocycles. The van der Waals surface area contributed by atoms with E-state index < -0.39 is 5.97 Å². The number of fused-ring (bicyclic) bond motifs is 1. The Labute approximate surface area is 140 Å². The molecular weight excluding hydrogens is 304 g/mol. The van der Waals surface area contributed by atoms with Crippen molar-refractivity contribution < 1.29 is 14.3 Å². The van der Waals surface area contributed by atoms with E-state index in [-0.39, 0.29) is 13.2 Å². The molecule has 3 aromatic rings. The van der Waals surface area contributed by atoms with Crippen LogP contribution in [0.25, 0.3) is 10.9 Å². The Morgan fingerprint density at radius 1 is 1.08 bits per heavy atom. The third-order valence-electron chi connectivity index (χ3n) is 3.79. The van der Waals surface area contributed by atoms with Gasteiger partial charge in [0.1, 0.15) is 6.61 Å². The van der Waals surface area contributed by atoms with Crippen molar-refractivity contribution in [2.45, 2.75) is 20.1 Å². The van der Waals surface area contributed by atoms with Gasteiger partial charge in [0, 0.05) is 18.7 Å². The molecule has 0 radical (unpaired) electrons. The van der Waals surface area contributed by atoms with E-state index in [1.54, 1.807) is 13.3 Å². The quantitative estimate of drug-likeness (QED) is 0.673. The molecular formula is C19H18N2O3. The van der Waals surface area contributed by atoms with E-state index in [0.29, 0.717) is 17.0 Å². The smallest absolute Gasteiger partial charge is 0.340 e. The summed E-state index contributed by atoms with van der Waals surface area (Å²) in [5.74, 6) is -0.413. The maximum absolute atomic E-state index is 12.6. The summed E-state index contributed by atoms with van der Waals surface area (Å²) in [4.78, 5) is 21.4. The Morgan fingerprint density at radius 2 is 1.88 bits per heavy atom. The van der Waals surface area contributed by atoms with Gasteiger partial charge in [-0.05, 0) is 30.7 Å². The fourth-order valence-electron chi connectivity index (χ4n) is 2.65. The van der Waals surface area contributed by atoms with Crippen LogP contribution in [-0.4, -0.2) is 23.0 Å². The van der Waals surface area contributed by atoms with Crippen molar-refractivity contribution in [3.05, 3.63) is 71.2 Å². The molecule has 0 atom stereocenters. The molecule has 122 valence electrons. The van der Waals surface area contributed by atoms with Crippen molar-refractivity contribution >= 4 is 16.9 Å². The molecule has 0 N–H and O–H groups in total. The molecule has 0 fully saturated rings. The van der Waals surface area contributed by atoms with Crippen LogP contribution < -0.4 is 0 Å². The van der Waals surface area contributed by atoms with Crippen molar-refractivity contribution in [3.8, 4) is 0 Å². The van der Waals surface area contributed by atoms with E-state index in [1.807, 2.05) is 49.4 Å². The Balaban J connectivity index is 1.95. The van der Waals surface area contributed by atoms with Crippen LogP contribution in [0.2, 0.25) is 0 Å². The minimum absolute atomic E-state index is 0.123. The number of methoxy groups -OCH3 is 1. The molecule has 0 bridgehead atoms. The first-order valence-corrected chi connectivity index (χ1v) is 7.65. The zero-order valence-corrected chi connectivity index (χ0v) is 13.7. The van der Waals surface area contributed by atoms with Gasteiger partial charge in [0.25, 0.3) is 0 Å². The van der Waals surface area contributed by atoms with Gasteiger partial charge in [-0.25, -0.2) is 9.78 Å². The number of rotatable bonds is 5. The van der Waals surface area contributed by atoms with Gasteiger partial charge in [-0.2, -0.15) is 0 Å². The summed E-state index contributed by atoms with van der Waals surface area (Å²) < 4.78 is 10.6. The lowest BCUT2D eigenvalue weighted by molar-refractivity contribution is 0.0461. The topological polar surface area (TPSA) is 61.3 Å². The minimum atomic E-state index is -0.413. The highest BCUT2D eigenvalue weighted by Crippen LogP contribution is 2.24. The highest BCUT2D eigenvalue weighted by Gasteiger charge is 2.20. The van der Waals surface area contributed by atoms with E-state index >= 15 is 0 Å². The fraction of sp³-hybridized carbons (Fsp3) is 0.211. The van der Waals surface area contributed by atoms with Crippen LogP contribution in [0.5, 0.6) is 0 Å². The second-order valence-electron chi connectivity index (χ2n) is 5.41. The Kier molecular flexibility index (Phi) is 4.82. The Morgan fingerprint density at radius 3 is 2.62 bits per heavy atom. The van der Waals surface area contributed by atoms with Gasteiger partial charge in [-0.3, -0.25) is 4.98 Å². The summed E-state index contributed by atoms with van der Waals surface area (Å²) in [5, 5.41) is 0.933. The van der Waals surface area contributed by atoms with Gasteiger partial charge in [-0.15, -0.1) is 0 Å². The van der Waals surface area contributed by atoms with E-state index in [9.17, 15) is 4.79 Å². The zero-order valence-electron chi connectivity index (χ0n) is 13.7. The number of hydrogen-bond acceptors (Lipinski definition) is 5. The van der Waals surface area contributed by atoms with Crippen molar-refractivity contribution in [2.24, 2.45) is 0 Å². The molecule has 0 spiro atoms. The number of nitrogens with zero attached hydrogens (tertiary/aromatic N) is 2. The largest absolute Gasteiger partial charge is 0.456 e. The molecule has 1 aromatic carbocycles. The molecule has 0 unspecified atom stereocenters. The van der Waals surface area contributed by atoms with E-state index in [1.165, 1.54) is 0 Å². The molecule has 0 aliphatic rings. The van der Waals surface area contributed by atoms with Crippen LogP contribution in [-0.2, 0) is 22.7 Å². The lowest BCUT2D eigenvalue weighted by Crippen LogP contribution is -2.13. The van der Waals surface area contributed by atoms with Crippen LogP contribution in [0.4, 0.5) is 0 Å². The standard InChI is InChI=1S/C19H18N2O3/c1-13-15-8-3-4-9-16(15)21-17(12-23-2)18(13)19(22)24-11-14-7-5-6-10-20-14/h3-10H,11-12H2,1-2H3. The first-order chi connectivity index (χ1) is 11.7. The maximum atomic E-state index is 12.6. The average molecular weight is 322 g/mol. The predicted octanol–water partition coefficient (Wildman–Crippen LogP) is 3.44. The number of hydrogen-bond donors (Lipinski definition) is 0. The van der Waals surface area contributed by atoms with Crippen molar-refractivity contribution in [1.29, 1.82) is 0 Å². The van der Waals surface area contributed by atoms with Crippen LogP contribution in [0, 0.1) is 6.92 Å². The van der Waals surface area contributed by atoms with Crippen LogP contribution >= 0.6 is 0 Å². The molecule has 24 heavy (non-hydrogen) atoms. The number of aryl methyl sites for hydroxylation is 1. The molecule has 0 aliphatic carbocycles. The normalized spacial score (nSPS) is 10.8. The van der Waals surface area contributed by atoms with Crippen molar-refractivity contribution in [2.75, 3.05) is 7.11 Å². The lowest BCUT2D eigenvalue weighted by atomic mass is 10.0. The summed E-state index contributed by atoms with van der Waals surface area (Å²) in [7, 11) is 1.58. The second kappa shape index (κ2) is 7.19. The molecule has 0 saturated carbocycles. The molecule has 0 aliphatic heterocycles. The highest BCUT2D eigenvalue weighted by atomic mass is 16.5. The first-order valence-electron chi connectivity index (χ1n) is 7.65. The molecule has 3 rings (SSSR count). The number of para-hydroxylation sites is 1.